The lowest BCUT2D eigenvalue weighted by Gasteiger charge is -1.98. The fourth-order valence-corrected chi connectivity index (χ4v) is 1.92. The highest BCUT2D eigenvalue weighted by molar-refractivity contribution is 5.87. The van der Waals surface area contributed by atoms with Crippen LogP contribution in [-0.4, -0.2) is 18.1 Å². The monoisotopic (exact) mass is 179 g/mol. The fourth-order valence-electron chi connectivity index (χ4n) is 1.92. The first-order chi connectivity index (χ1) is 6.20. The summed E-state index contributed by atoms with van der Waals surface area (Å²) in [4.78, 5) is 14.2. The van der Waals surface area contributed by atoms with Crippen molar-refractivity contribution in [3.8, 4) is 0 Å². The van der Waals surface area contributed by atoms with Crippen molar-refractivity contribution in [2.75, 3.05) is 7.11 Å². The van der Waals surface area contributed by atoms with E-state index >= 15 is 0 Å². The number of hydrogen-bond acceptors (Lipinski definition) is 2. The average Bonchev–Trinajstić information content (AvgIpc) is 2.59. The number of nitrogens with one attached hydrogen (secondary N) is 1. The largest absolute Gasteiger partial charge is 0.464 e. The zero-order chi connectivity index (χ0) is 9.42. The molecule has 1 aromatic heterocycles. The van der Waals surface area contributed by atoms with Crippen LogP contribution in [0.2, 0.25) is 0 Å². The molecule has 0 aromatic carbocycles. The van der Waals surface area contributed by atoms with E-state index in [-0.39, 0.29) is 5.97 Å². The molecule has 1 aromatic rings. The summed E-state index contributed by atoms with van der Waals surface area (Å²) in [6, 6.07) is 1.91. The number of fused-ring (bicyclic) bond motifs is 1. The molecule has 3 heteroatoms. The van der Waals surface area contributed by atoms with E-state index in [1.807, 2.05) is 6.07 Å². The summed E-state index contributed by atoms with van der Waals surface area (Å²) >= 11 is 0. The van der Waals surface area contributed by atoms with E-state index in [2.05, 4.69) is 16.6 Å². The van der Waals surface area contributed by atoms with Crippen LogP contribution in [0.5, 0.6) is 0 Å². The number of aromatic amines is 1. The minimum absolute atomic E-state index is 0.276. The van der Waals surface area contributed by atoms with Crippen LogP contribution in [0, 0.1) is 5.92 Å². The molecule has 2 rings (SSSR count). The van der Waals surface area contributed by atoms with Crippen LogP contribution in [0.1, 0.15) is 28.7 Å². The van der Waals surface area contributed by atoms with Gasteiger partial charge in [-0.25, -0.2) is 4.79 Å². The topological polar surface area (TPSA) is 42.1 Å². The second kappa shape index (κ2) is 2.91. The summed E-state index contributed by atoms with van der Waals surface area (Å²) < 4.78 is 4.63. The molecule has 0 saturated heterocycles. The zero-order valence-electron chi connectivity index (χ0n) is 7.89. The van der Waals surface area contributed by atoms with Gasteiger partial charge in [-0.15, -0.1) is 0 Å². The lowest BCUT2D eigenvalue weighted by Crippen LogP contribution is -2.02. The van der Waals surface area contributed by atoms with E-state index in [9.17, 15) is 4.79 Å². The molecule has 0 fully saturated rings. The van der Waals surface area contributed by atoms with E-state index in [4.69, 9.17) is 0 Å². The van der Waals surface area contributed by atoms with Crippen molar-refractivity contribution in [2.24, 2.45) is 5.92 Å². The van der Waals surface area contributed by atoms with Gasteiger partial charge in [-0.2, -0.15) is 0 Å². The molecule has 1 aliphatic rings. The summed E-state index contributed by atoms with van der Waals surface area (Å²) in [7, 11) is 1.40. The third-order valence-electron chi connectivity index (χ3n) is 2.52. The number of rotatable bonds is 1. The van der Waals surface area contributed by atoms with Crippen molar-refractivity contribution >= 4 is 5.97 Å². The highest BCUT2D eigenvalue weighted by Gasteiger charge is 2.22. The van der Waals surface area contributed by atoms with Crippen molar-refractivity contribution < 1.29 is 9.53 Å². The summed E-state index contributed by atoms with van der Waals surface area (Å²) in [6.07, 6.45) is 2.12. The fraction of sp³-hybridized carbons (Fsp3) is 0.500. The van der Waals surface area contributed by atoms with Crippen molar-refractivity contribution in [2.45, 2.75) is 19.8 Å². The molecule has 0 bridgehead atoms. The number of H-pyrrole nitrogens is 1. The summed E-state index contributed by atoms with van der Waals surface area (Å²) in [5.74, 6) is 0.426. The number of carbonyl (C=O) groups is 1. The highest BCUT2D eigenvalue weighted by atomic mass is 16.5. The molecule has 0 spiro atoms. The van der Waals surface area contributed by atoms with Crippen molar-refractivity contribution in [3.63, 3.8) is 0 Å². The quantitative estimate of drug-likeness (QED) is 0.664. The number of ether oxygens (including phenoxy) is 1. The Morgan fingerprint density at radius 3 is 3.00 bits per heavy atom. The third kappa shape index (κ3) is 1.34. The Balaban J connectivity index is 2.26. The van der Waals surface area contributed by atoms with Gasteiger partial charge >= 0.3 is 5.97 Å². The number of esters is 1. The standard InChI is InChI=1S/C10H13NO2/c1-6-3-7-5-9(10(12)13-2)11-8(7)4-6/h5-6,11H,3-4H2,1-2H3. The van der Waals surface area contributed by atoms with Crippen molar-refractivity contribution in [1.82, 2.24) is 4.98 Å². The zero-order valence-corrected chi connectivity index (χ0v) is 7.89. The first-order valence-corrected chi connectivity index (χ1v) is 4.49. The molecule has 3 nitrogen and oxygen atoms in total. The maximum atomic E-state index is 11.1. The lowest BCUT2D eigenvalue weighted by molar-refractivity contribution is 0.0594. The summed E-state index contributed by atoms with van der Waals surface area (Å²) in [5, 5.41) is 0. The third-order valence-corrected chi connectivity index (χ3v) is 2.52. The maximum Gasteiger partial charge on any atom is 0.354 e. The number of hydrogen-bond donors (Lipinski definition) is 1. The Morgan fingerprint density at radius 1 is 1.62 bits per heavy atom. The summed E-state index contributed by atoms with van der Waals surface area (Å²) in [5.41, 5.74) is 3.06. The Labute approximate surface area is 77.1 Å². The molecule has 1 heterocycles. The second-order valence-corrected chi connectivity index (χ2v) is 3.69. The molecule has 1 unspecified atom stereocenters. The van der Waals surface area contributed by atoms with E-state index < -0.39 is 0 Å². The Kier molecular flexibility index (Phi) is 1.87. The molecular formula is C10H13NO2. The van der Waals surface area contributed by atoms with Crippen LogP contribution in [0.15, 0.2) is 6.07 Å². The average molecular weight is 179 g/mol. The van der Waals surface area contributed by atoms with E-state index in [1.165, 1.54) is 18.4 Å². The molecule has 0 amide bonds. The maximum absolute atomic E-state index is 11.1. The van der Waals surface area contributed by atoms with Gasteiger partial charge < -0.3 is 9.72 Å². The predicted octanol–water partition coefficient (Wildman–Crippen LogP) is 1.54. The van der Waals surface area contributed by atoms with Gasteiger partial charge in [0.15, 0.2) is 0 Å². The van der Waals surface area contributed by atoms with Crippen molar-refractivity contribution in [3.05, 3.63) is 23.0 Å². The van der Waals surface area contributed by atoms with Crippen LogP contribution in [0.3, 0.4) is 0 Å². The predicted molar refractivity (Wildman–Crippen MR) is 48.7 cm³/mol. The number of methoxy groups -OCH3 is 1. The molecule has 0 saturated carbocycles. The van der Waals surface area contributed by atoms with E-state index in [0.717, 1.165) is 12.8 Å². The molecule has 1 aliphatic carbocycles. The van der Waals surface area contributed by atoms with Gasteiger partial charge in [-0.3, -0.25) is 0 Å². The Bertz CT molecular complexity index is 317. The van der Waals surface area contributed by atoms with Crippen molar-refractivity contribution in [1.29, 1.82) is 0 Å². The second-order valence-electron chi connectivity index (χ2n) is 3.69. The van der Waals surface area contributed by atoms with Crippen LogP contribution in [-0.2, 0) is 17.6 Å². The molecule has 0 aliphatic heterocycles. The lowest BCUT2D eigenvalue weighted by atomic mass is 10.1. The normalized spacial score (nSPS) is 20.0. The van der Waals surface area contributed by atoms with Gasteiger partial charge in [0, 0.05) is 5.69 Å². The molecule has 1 atom stereocenters. The Hall–Kier alpha value is -1.25. The number of aromatic nitrogens is 1. The first kappa shape index (κ1) is 8.35. The van der Waals surface area contributed by atoms with Gasteiger partial charge in [-0.05, 0) is 30.4 Å². The van der Waals surface area contributed by atoms with Gasteiger partial charge in [0.25, 0.3) is 0 Å². The first-order valence-electron chi connectivity index (χ1n) is 4.49. The Morgan fingerprint density at radius 2 is 2.38 bits per heavy atom. The number of carbonyl (C=O) groups excluding carboxylic acids is 1. The molecular weight excluding hydrogens is 166 g/mol. The van der Waals surface area contributed by atoms with Crippen LogP contribution >= 0.6 is 0 Å². The van der Waals surface area contributed by atoms with Crippen LogP contribution in [0.4, 0.5) is 0 Å². The van der Waals surface area contributed by atoms with Gasteiger partial charge in [0.05, 0.1) is 7.11 Å². The van der Waals surface area contributed by atoms with Gasteiger partial charge in [0.1, 0.15) is 5.69 Å². The smallest absolute Gasteiger partial charge is 0.354 e. The molecule has 1 N–H and O–H groups in total. The van der Waals surface area contributed by atoms with E-state index in [0.29, 0.717) is 11.6 Å². The molecule has 13 heavy (non-hydrogen) atoms. The summed E-state index contributed by atoms with van der Waals surface area (Å²) in [6.45, 7) is 2.21. The van der Waals surface area contributed by atoms with E-state index in [1.54, 1.807) is 0 Å². The highest BCUT2D eigenvalue weighted by Crippen LogP contribution is 2.26. The minimum atomic E-state index is -0.276. The molecule has 70 valence electrons. The molecule has 0 radical (unpaired) electrons. The SMILES string of the molecule is COC(=O)c1cc2c([nH]1)CC(C)C2. The van der Waals surface area contributed by atoms with Gasteiger partial charge in [-0.1, -0.05) is 6.92 Å². The van der Waals surface area contributed by atoms with Crippen LogP contribution < -0.4 is 0 Å². The minimum Gasteiger partial charge on any atom is -0.464 e. The van der Waals surface area contributed by atoms with Gasteiger partial charge in [0.2, 0.25) is 0 Å². The van der Waals surface area contributed by atoms with Crippen LogP contribution in [0.25, 0.3) is 0 Å².